The number of ketones is 1. The first-order chi connectivity index (χ1) is 16.0. The molecule has 0 spiro atoms. The van der Waals surface area contributed by atoms with E-state index in [1.54, 1.807) is 42.5 Å². The molecule has 1 saturated carbocycles. The van der Waals surface area contributed by atoms with Crippen molar-refractivity contribution in [3.8, 4) is 11.5 Å². The van der Waals surface area contributed by atoms with Gasteiger partial charge in [-0.3, -0.25) is 19.2 Å². The fourth-order valence-corrected chi connectivity index (χ4v) is 3.26. The van der Waals surface area contributed by atoms with Crippen molar-refractivity contribution >= 4 is 29.3 Å². The number of fused-ring (bicyclic) bond motifs is 1. The first-order valence-electron chi connectivity index (χ1n) is 10.8. The lowest BCUT2D eigenvalue weighted by atomic mass is 10.1. The quantitative estimate of drug-likeness (QED) is 0.443. The van der Waals surface area contributed by atoms with Gasteiger partial charge in [0.1, 0.15) is 13.2 Å². The molecule has 1 fully saturated rings. The maximum absolute atomic E-state index is 12.4. The molecule has 172 valence electrons. The van der Waals surface area contributed by atoms with Gasteiger partial charge in [-0.1, -0.05) is 12.1 Å². The number of carbonyl (C=O) groups excluding carboxylic acids is 4. The van der Waals surface area contributed by atoms with Crippen LogP contribution in [0.2, 0.25) is 0 Å². The Balaban J connectivity index is 1.23. The number of anilines is 1. The van der Waals surface area contributed by atoms with Gasteiger partial charge in [0.25, 0.3) is 11.8 Å². The number of esters is 1. The van der Waals surface area contributed by atoms with Gasteiger partial charge in [-0.2, -0.15) is 0 Å². The lowest BCUT2D eigenvalue weighted by Gasteiger charge is -2.18. The molecule has 2 aromatic rings. The van der Waals surface area contributed by atoms with E-state index in [-0.39, 0.29) is 30.6 Å². The zero-order valence-electron chi connectivity index (χ0n) is 17.9. The number of amides is 2. The van der Waals surface area contributed by atoms with Crippen LogP contribution in [-0.2, 0) is 14.3 Å². The Morgan fingerprint density at radius 2 is 1.70 bits per heavy atom. The Morgan fingerprint density at radius 3 is 2.48 bits per heavy atom. The van der Waals surface area contributed by atoms with E-state index in [1.807, 2.05) is 0 Å². The highest BCUT2D eigenvalue weighted by molar-refractivity contribution is 6.04. The molecular formula is C24H24N2O7. The van der Waals surface area contributed by atoms with Gasteiger partial charge in [-0.25, -0.2) is 0 Å². The molecular weight excluding hydrogens is 428 g/mol. The molecule has 9 heteroatoms. The molecule has 0 unspecified atom stereocenters. The number of ether oxygens (including phenoxy) is 3. The van der Waals surface area contributed by atoms with E-state index in [0.717, 1.165) is 12.8 Å². The zero-order valence-corrected chi connectivity index (χ0v) is 17.9. The van der Waals surface area contributed by atoms with E-state index in [0.29, 0.717) is 41.5 Å². The average molecular weight is 452 g/mol. The second-order valence-electron chi connectivity index (χ2n) is 7.78. The van der Waals surface area contributed by atoms with E-state index in [1.165, 1.54) is 0 Å². The SMILES string of the molecule is O=C(COC(=O)CCC(=O)c1ccc2c(c1)OCCO2)Nc1ccccc1C(=O)NC1CC1. The Bertz CT molecular complexity index is 1080. The number of benzene rings is 2. The molecule has 0 atom stereocenters. The van der Waals surface area contributed by atoms with Gasteiger partial charge in [0.05, 0.1) is 17.7 Å². The van der Waals surface area contributed by atoms with Gasteiger partial charge in [-0.15, -0.1) is 0 Å². The van der Waals surface area contributed by atoms with Crippen LogP contribution in [0.3, 0.4) is 0 Å². The summed E-state index contributed by atoms with van der Waals surface area (Å²) in [4.78, 5) is 48.9. The highest BCUT2D eigenvalue weighted by Crippen LogP contribution is 2.31. The van der Waals surface area contributed by atoms with Crippen LogP contribution in [-0.4, -0.2) is 49.4 Å². The molecule has 2 aromatic carbocycles. The van der Waals surface area contributed by atoms with E-state index in [9.17, 15) is 19.2 Å². The maximum atomic E-state index is 12.4. The molecule has 4 rings (SSSR count). The molecule has 1 aliphatic heterocycles. The van der Waals surface area contributed by atoms with Crippen molar-refractivity contribution in [1.29, 1.82) is 0 Å². The van der Waals surface area contributed by atoms with Crippen LogP contribution in [0, 0.1) is 0 Å². The van der Waals surface area contributed by atoms with E-state index in [4.69, 9.17) is 14.2 Å². The monoisotopic (exact) mass is 452 g/mol. The Labute approximate surface area is 190 Å². The Kier molecular flexibility index (Phi) is 6.87. The first kappa shape index (κ1) is 22.3. The van der Waals surface area contributed by atoms with Crippen LogP contribution in [0.25, 0.3) is 0 Å². The van der Waals surface area contributed by atoms with Crippen LogP contribution >= 0.6 is 0 Å². The van der Waals surface area contributed by atoms with Crippen LogP contribution in [0.1, 0.15) is 46.4 Å². The highest BCUT2D eigenvalue weighted by atomic mass is 16.6. The van der Waals surface area contributed by atoms with Crippen molar-refractivity contribution < 1.29 is 33.4 Å². The molecule has 2 aliphatic rings. The summed E-state index contributed by atoms with van der Waals surface area (Å²) in [7, 11) is 0. The molecule has 0 radical (unpaired) electrons. The summed E-state index contributed by atoms with van der Waals surface area (Å²) in [5.74, 6) is -0.678. The molecule has 1 aliphatic carbocycles. The lowest BCUT2D eigenvalue weighted by molar-refractivity contribution is -0.147. The number of rotatable bonds is 9. The Morgan fingerprint density at radius 1 is 0.939 bits per heavy atom. The van der Waals surface area contributed by atoms with Crippen molar-refractivity contribution in [2.45, 2.75) is 31.7 Å². The number of carbonyl (C=O) groups is 4. The molecule has 2 N–H and O–H groups in total. The van der Waals surface area contributed by atoms with Gasteiger partial charge in [0.15, 0.2) is 23.9 Å². The molecule has 33 heavy (non-hydrogen) atoms. The summed E-state index contributed by atoms with van der Waals surface area (Å²) < 4.78 is 15.9. The minimum atomic E-state index is -0.671. The summed E-state index contributed by atoms with van der Waals surface area (Å²) in [6, 6.07) is 11.7. The van der Waals surface area contributed by atoms with E-state index >= 15 is 0 Å². The summed E-state index contributed by atoms with van der Waals surface area (Å²) in [5, 5.41) is 5.46. The number of hydrogen-bond donors (Lipinski definition) is 2. The minimum Gasteiger partial charge on any atom is -0.486 e. The third-order valence-corrected chi connectivity index (χ3v) is 5.14. The van der Waals surface area contributed by atoms with E-state index < -0.39 is 18.5 Å². The number of Topliss-reactive ketones (excluding diaryl/α,β-unsaturated/α-hetero) is 1. The van der Waals surface area contributed by atoms with Crippen molar-refractivity contribution in [2.24, 2.45) is 0 Å². The van der Waals surface area contributed by atoms with Crippen molar-refractivity contribution in [3.63, 3.8) is 0 Å². The maximum Gasteiger partial charge on any atom is 0.306 e. The summed E-state index contributed by atoms with van der Waals surface area (Å²) in [6.07, 6.45) is 1.67. The van der Waals surface area contributed by atoms with Gasteiger partial charge < -0.3 is 24.8 Å². The van der Waals surface area contributed by atoms with Crippen LogP contribution in [0.4, 0.5) is 5.69 Å². The number of para-hydroxylation sites is 1. The standard InChI is InChI=1S/C24H24N2O7/c27-19(15-5-9-20-21(13-15)32-12-11-31-20)8-10-23(29)33-14-22(28)26-18-4-2-1-3-17(18)24(30)25-16-6-7-16/h1-5,9,13,16H,6-8,10-12,14H2,(H,25,30)(H,26,28). The van der Waals surface area contributed by atoms with Crippen LogP contribution in [0.5, 0.6) is 11.5 Å². The lowest BCUT2D eigenvalue weighted by Crippen LogP contribution is -2.28. The molecule has 0 aromatic heterocycles. The number of nitrogens with one attached hydrogen (secondary N) is 2. The topological polar surface area (TPSA) is 120 Å². The second-order valence-corrected chi connectivity index (χ2v) is 7.78. The fraction of sp³-hybridized carbons (Fsp3) is 0.333. The third-order valence-electron chi connectivity index (χ3n) is 5.14. The van der Waals surface area contributed by atoms with E-state index in [2.05, 4.69) is 10.6 Å². The van der Waals surface area contributed by atoms with Crippen molar-refractivity contribution in [2.75, 3.05) is 25.1 Å². The largest absolute Gasteiger partial charge is 0.486 e. The summed E-state index contributed by atoms with van der Waals surface area (Å²) >= 11 is 0. The predicted octanol–water partition coefficient (Wildman–Crippen LogP) is 2.49. The highest BCUT2D eigenvalue weighted by Gasteiger charge is 2.25. The van der Waals surface area contributed by atoms with Gasteiger partial charge in [0, 0.05) is 18.0 Å². The fourth-order valence-electron chi connectivity index (χ4n) is 3.26. The molecule has 0 bridgehead atoms. The smallest absolute Gasteiger partial charge is 0.306 e. The normalized spacial score (nSPS) is 14.2. The second kappa shape index (κ2) is 10.2. The van der Waals surface area contributed by atoms with Gasteiger partial charge in [-0.05, 0) is 43.2 Å². The van der Waals surface area contributed by atoms with Crippen molar-refractivity contribution in [3.05, 3.63) is 53.6 Å². The zero-order chi connectivity index (χ0) is 23.2. The van der Waals surface area contributed by atoms with Crippen LogP contribution < -0.4 is 20.1 Å². The summed E-state index contributed by atoms with van der Waals surface area (Å²) in [6.45, 7) is 0.350. The molecule has 0 saturated heterocycles. The van der Waals surface area contributed by atoms with Crippen molar-refractivity contribution in [1.82, 2.24) is 5.32 Å². The first-order valence-corrected chi connectivity index (χ1v) is 10.8. The molecule has 9 nitrogen and oxygen atoms in total. The Hall–Kier alpha value is -3.88. The minimum absolute atomic E-state index is 0.0652. The van der Waals surface area contributed by atoms with Crippen LogP contribution in [0.15, 0.2) is 42.5 Å². The van der Waals surface area contributed by atoms with Gasteiger partial charge >= 0.3 is 5.97 Å². The average Bonchev–Trinajstić information content (AvgIpc) is 3.65. The molecule has 2 amide bonds. The third kappa shape index (κ3) is 6.09. The number of hydrogen-bond acceptors (Lipinski definition) is 7. The summed E-state index contributed by atoms with van der Waals surface area (Å²) in [5.41, 5.74) is 1.09. The van der Waals surface area contributed by atoms with Gasteiger partial charge in [0.2, 0.25) is 0 Å². The molecule has 1 heterocycles. The predicted molar refractivity (Wildman–Crippen MR) is 118 cm³/mol.